The molecule has 0 unspecified atom stereocenters. The van der Waals surface area contributed by atoms with E-state index in [-0.39, 0.29) is 11.7 Å². The molecule has 2 rings (SSSR count). The van der Waals surface area contributed by atoms with Crippen LogP contribution in [-0.2, 0) is 0 Å². The van der Waals surface area contributed by atoms with Gasteiger partial charge in [0, 0.05) is 5.56 Å². The number of hydrogen-bond acceptors (Lipinski definition) is 3. The van der Waals surface area contributed by atoms with Gasteiger partial charge in [0.25, 0.3) is 0 Å². The lowest BCUT2D eigenvalue weighted by Gasteiger charge is -2.29. The van der Waals surface area contributed by atoms with Gasteiger partial charge in [0.1, 0.15) is 6.10 Å². The molecule has 0 radical (unpaired) electrons. The first-order chi connectivity index (χ1) is 8.70. The van der Waals surface area contributed by atoms with Crippen molar-refractivity contribution in [2.75, 3.05) is 0 Å². The van der Waals surface area contributed by atoms with E-state index in [1.807, 2.05) is 6.07 Å². The highest BCUT2D eigenvalue weighted by atomic mass is 16.3. The molecule has 18 heavy (non-hydrogen) atoms. The van der Waals surface area contributed by atoms with Crippen molar-refractivity contribution in [2.24, 2.45) is 5.92 Å². The molecule has 98 valence electrons. The standard InChI is InChI=1S/C15H20O3/c16-13(11-7-3-1-4-8-11)15(18)14(17)12-9-5-2-6-10-12/h1,3-4,7-8,12,14-15,17-18H,2,5-6,9-10H2/t14-,15-/m1/s1. The van der Waals surface area contributed by atoms with Gasteiger partial charge in [0.05, 0.1) is 6.10 Å². The summed E-state index contributed by atoms with van der Waals surface area (Å²) in [5.41, 5.74) is 0.458. The number of aliphatic hydroxyl groups is 2. The predicted octanol–water partition coefficient (Wildman–Crippen LogP) is 2.17. The number of carbonyl (C=O) groups is 1. The lowest BCUT2D eigenvalue weighted by Crippen LogP contribution is -2.40. The number of ketones is 1. The molecule has 3 nitrogen and oxygen atoms in total. The molecule has 1 aromatic carbocycles. The van der Waals surface area contributed by atoms with Crippen molar-refractivity contribution in [3.8, 4) is 0 Å². The zero-order chi connectivity index (χ0) is 13.0. The molecule has 1 aromatic rings. The fourth-order valence-electron chi connectivity index (χ4n) is 2.66. The van der Waals surface area contributed by atoms with Crippen LogP contribution in [0.5, 0.6) is 0 Å². The highest BCUT2D eigenvalue weighted by Crippen LogP contribution is 2.28. The second kappa shape index (κ2) is 6.12. The van der Waals surface area contributed by atoms with Gasteiger partial charge in [-0.25, -0.2) is 0 Å². The van der Waals surface area contributed by atoms with Crippen molar-refractivity contribution in [1.82, 2.24) is 0 Å². The molecule has 0 bridgehead atoms. The zero-order valence-corrected chi connectivity index (χ0v) is 10.5. The summed E-state index contributed by atoms with van der Waals surface area (Å²) in [5, 5.41) is 20.1. The van der Waals surface area contributed by atoms with E-state index >= 15 is 0 Å². The van der Waals surface area contributed by atoms with E-state index in [2.05, 4.69) is 0 Å². The number of benzene rings is 1. The van der Waals surface area contributed by atoms with Crippen LogP contribution < -0.4 is 0 Å². The molecule has 0 spiro atoms. The number of rotatable bonds is 4. The molecule has 1 aliphatic rings. The molecule has 1 fully saturated rings. The van der Waals surface area contributed by atoms with Crippen molar-refractivity contribution < 1.29 is 15.0 Å². The summed E-state index contributed by atoms with van der Waals surface area (Å²) in [6.45, 7) is 0. The van der Waals surface area contributed by atoms with E-state index in [1.165, 1.54) is 6.42 Å². The minimum absolute atomic E-state index is 0.0569. The minimum Gasteiger partial charge on any atom is -0.390 e. The Hall–Kier alpha value is -1.19. The van der Waals surface area contributed by atoms with E-state index in [1.54, 1.807) is 24.3 Å². The molecule has 1 aliphatic carbocycles. The quantitative estimate of drug-likeness (QED) is 0.803. The van der Waals surface area contributed by atoms with Gasteiger partial charge in [-0.1, -0.05) is 49.6 Å². The van der Waals surface area contributed by atoms with E-state index in [4.69, 9.17) is 0 Å². The summed E-state index contributed by atoms with van der Waals surface area (Å²) < 4.78 is 0. The van der Waals surface area contributed by atoms with Crippen LogP contribution in [0, 0.1) is 5.92 Å². The normalized spacial score (nSPS) is 20.3. The summed E-state index contributed by atoms with van der Waals surface area (Å²) in [6, 6.07) is 8.67. The molecule has 1 saturated carbocycles. The van der Waals surface area contributed by atoms with E-state index < -0.39 is 12.2 Å². The van der Waals surface area contributed by atoms with Gasteiger partial charge < -0.3 is 10.2 Å². The molecule has 0 saturated heterocycles. The van der Waals surface area contributed by atoms with E-state index in [0.29, 0.717) is 5.56 Å². The van der Waals surface area contributed by atoms with Crippen LogP contribution in [0.2, 0.25) is 0 Å². The first-order valence-corrected chi connectivity index (χ1v) is 6.65. The molecule has 0 heterocycles. The van der Waals surface area contributed by atoms with Crippen LogP contribution in [-0.4, -0.2) is 28.2 Å². The first kappa shape index (κ1) is 13.2. The summed E-state index contributed by atoms with van der Waals surface area (Å²) in [7, 11) is 0. The third-order valence-corrected chi connectivity index (χ3v) is 3.78. The van der Waals surface area contributed by atoms with Gasteiger partial charge in [-0.3, -0.25) is 4.79 Å². The molecule has 3 heteroatoms. The Labute approximate surface area is 107 Å². The summed E-state index contributed by atoms with van der Waals surface area (Å²) >= 11 is 0. The Bertz CT molecular complexity index is 382. The van der Waals surface area contributed by atoms with Gasteiger partial charge in [0.15, 0.2) is 5.78 Å². The van der Waals surface area contributed by atoms with Gasteiger partial charge in [0.2, 0.25) is 0 Å². The molecule has 2 atom stereocenters. The van der Waals surface area contributed by atoms with Crippen molar-refractivity contribution in [3.63, 3.8) is 0 Å². The molecular formula is C15H20O3. The fraction of sp³-hybridized carbons (Fsp3) is 0.533. The van der Waals surface area contributed by atoms with Crippen molar-refractivity contribution >= 4 is 5.78 Å². The van der Waals surface area contributed by atoms with Gasteiger partial charge in [-0.05, 0) is 18.8 Å². The fourth-order valence-corrected chi connectivity index (χ4v) is 2.66. The Morgan fingerprint density at radius 3 is 2.28 bits per heavy atom. The Morgan fingerprint density at radius 2 is 1.67 bits per heavy atom. The predicted molar refractivity (Wildman–Crippen MR) is 69.4 cm³/mol. The smallest absolute Gasteiger partial charge is 0.193 e. The number of hydrogen-bond donors (Lipinski definition) is 2. The average Bonchev–Trinajstić information content (AvgIpc) is 2.47. The van der Waals surface area contributed by atoms with Gasteiger partial charge >= 0.3 is 0 Å². The van der Waals surface area contributed by atoms with Gasteiger partial charge in [-0.15, -0.1) is 0 Å². The maximum absolute atomic E-state index is 12.0. The Balaban J connectivity index is 2.01. The molecule has 0 amide bonds. The second-order valence-corrected chi connectivity index (χ2v) is 5.06. The molecule has 0 aromatic heterocycles. The Kier molecular flexibility index (Phi) is 4.50. The summed E-state index contributed by atoms with van der Waals surface area (Å²) in [6.07, 6.45) is 2.92. The topological polar surface area (TPSA) is 57.5 Å². The largest absolute Gasteiger partial charge is 0.390 e. The van der Waals surface area contributed by atoms with Crippen LogP contribution in [0.3, 0.4) is 0 Å². The van der Waals surface area contributed by atoms with Crippen LogP contribution in [0.25, 0.3) is 0 Å². The van der Waals surface area contributed by atoms with Crippen LogP contribution in [0.1, 0.15) is 42.5 Å². The van der Waals surface area contributed by atoms with Crippen molar-refractivity contribution in [2.45, 2.75) is 44.3 Å². The number of Topliss-reactive ketones (excluding diaryl/α,β-unsaturated/α-hetero) is 1. The maximum atomic E-state index is 12.0. The average molecular weight is 248 g/mol. The SMILES string of the molecule is O=C(c1ccccc1)[C@@H](O)[C@H](O)C1CCCCC1. The third kappa shape index (κ3) is 2.98. The van der Waals surface area contributed by atoms with Crippen molar-refractivity contribution in [1.29, 1.82) is 0 Å². The molecule has 0 aliphatic heterocycles. The van der Waals surface area contributed by atoms with Crippen LogP contribution in [0.4, 0.5) is 0 Å². The summed E-state index contributed by atoms with van der Waals surface area (Å²) in [5.74, 6) is -0.324. The number of carbonyl (C=O) groups excluding carboxylic acids is 1. The minimum atomic E-state index is -1.30. The van der Waals surface area contributed by atoms with E-state index in [0.717, 1.165) is 25.7 Å². The van der Waals surface area contributed by atoms with E-state index in [9.17, 15) is 15.0 Å². The maximum Gasteiger partial charge on any atom is 0.193 e. The van der Waals surface area contributed by atoms with Gasteiger partial charge in [-0.2, -0.15) is 0 Å². The lowest BCUT2D eigenvalue weighted by molar-refractivity contribution is -0.0157. The zero-order valence-electron chi connectivity index (χ0n) is 10.5. The highest BCUT2D eigenvalue weighted by molar-refractivity contribution is 5.99. The van der Waals surface area contributed by atoms with Crippen LogP contribution >= 0.6 is 0 Å². The molecule has 2 N–H and O–H groups in total. The first-order valence-electron chi connectivity index (χ1n) is 6.65. The monoisotopic (exact) mass is 248 g/mol. The summed E-state index contributed by atoms with van der Waals surface area (Å²) in [4.78, 5) is 12.0. The second-order valence-electron chi connectivity index (χ2n) is 5.06. The Morgan fingerprint density at radius 1 is 1.06 bits per heavy atom. The number of aliphatic hydroxyl groups excluding tert-OH is 2. The highest BCUT2D eigenvalue weighted by Gasteiger charge is 2.32. The van der Waals surface area contributed by atoms with Crippen LogP contribution in [0.15, 0.2) is 30.3 Å². The lowest BCUT2D eigenvalue weighted by atomic mass is 9.82. The molecular weight excluding hydrogens is 228 g/mol. The van der Waals surface area contributed by atoms with Crippen molar-refractivity contribution in [3.05, 3.63) is 35.9 Å². The third-order valence-electron chi connectivity index (χ3n) is 3.78.